The summed E-state index contributed by atoms with van der Waals surface area (Å²) in [6, 6.07) is 21.9. The molecule has 174 valence electrons. The number of anilines is 2. The van der Waals surface area contributed by atoms with Crippen LogP contribution in [0, 0.1) is 6.92 Å². The first-order chi connectivity index (χ1) is 16.3. The number of para-hydroxylation sites is 1. The molecule has 0 fully saturated rings. The highest BCUT2D eigenvalue weighted by molar-refractivity contribution is 7.92. The number of hydrogen-bond acceptors (Lipinski definition) is 6. The summed E-state index contributed by atoms with van der Waals surface area (Å²) in [4.78, 5) is 24.9. The second-order valence-electron chi connectivity index (χ2n) is 7.56. The summed E-state index contributed by atoms with van der Waals surface area (Å²) in [6.07, 6.45) is 0. The molecule has 10 heteroatoms. The van der Waals surface area contributed by atoms with Crippen LogP contribution in [-0.2, 0) is 21.4 Å². The zero-order chi connectivity index (χ0) is 24.3. The molecule has 1 N–H and O–H groups in total. The van der Waals surface area contributed by atoms with Gasteiger partial charge in [0.05, 0.1) is 10.6 Å². The molecular formula is C24H22N4O5S. The Morgan fingerprint density at radius 3 is 2.47 bits per heavy atom. The normalized spacial score (nSPS) is 11.2. The van der Waals surface area contributed by atoms with E-state index in [0.717, 1.165) is 10.1 Å². The van der Waals surface area contributed by atoms with Gasteiger partial charge < -0.3 is 5.32 Å². The lowest BCUT2D eigenvalue weighted by Gasteiger charge is -2.20. The van der Waals surface area contributed by atoms with Crippen molar-refractivity contribution in [3.05, 3.63) is 95.0 Å². The van der Waals surface area contributed by atoms with E-state index in [1.165, 1.54) is 29.6 Å². The molecule has 1 aromatic heterocycles. The molecule has 0 unspecified atom stereocenters. The number of carbonyl (C=O) groups excluding carboxylic acids is 1. The Hall–Kier alpha value is -4.18. The number of sulfonamides is 1. The number of carbonyl (C=O) groups is 1. The number of nitrogens with one attached hydrogen (secondary N) is 1. The number of aryl methyl sites for hydroxylation is 1. The fraction of sp³-hybridized carbons (Fsp3) is 0.125. The number of nitrogens with zero attached hydrogens (tertiary/aromatic N) is 3. The van der Waals surface area contributed by atoms with Crippen LogP contribution in [0.4, 0.5) is 11.4 Å². The molecule has 0 atom stereocenters. The fourth-order valence-electron chi connectivity index (χ4n) is 3.44. The Kier molecular flexibility index (Phi) is 6.33. The van der Waals surface area contributed by atoms with Crippen molar-refractivity contribution in [1.29, 1.82) is 0 Å². The summed E-state index contributed by atoms with van der Waals surface area (Å²) < 4.78 is 33.2. The molecule has 0 saturated carbocycles. The number of rotatable bonds is 7. The first kappa shape index (κ1) is 23.0. The van der Waals surface area contributed by atoms with E-state index in [-0.39, 0.29) is 23.0 Å². The molecule has 0 bridgehead atoms. The Morgan fingerprint density at radius 1 is 1.03 bits per heavy atom. The molecule has 1 amide bonds. The van der Waals surface area contributed by atoms with Crippen molar-refractivity contribution in [2.45, 2.75) is 18.4 Å². The summed E-state index contributed by atoms with van der Waals surface area (Å²) in [6.45, 7) is 1.50. The highest BCUT2D eigenvalue weighted by Gasteiger charge is 2.22. The molecule has 0 aliphatic rings. The summed E-state index contributed by atoms with van der Waals surface area (Å²) in [7, 11) is -2.39. The molecule has 0 aliphatic heterocycles. The molecule has 0 aliphatic carbocycles. The first-order valence-electron chi connectivity index (χ1n) is 10.3. The quantitative estimate of drug-likeness (QED) is 0.436. The monoisotopic (exact) mass is 478 g/mol. The SMILES string of the molecule is Cc1ccccc1-c1noc(=O)n1CC(=O)Nc1cccc(S(=O)(=O)N(C)c2ccccc2)c1. The van der Waals surface area contributed by atoms with Crippen LogP contribution in [0.25, 0.3) is 11.4 Å². The molecule has 0 radical (unpaired) electrons. The second-order valence-corrected chi connectivity index (χ2v) is 9.53. The average Bonchev–Trinajstić information content (AvgIpc) is 3.19. The van der Waals surface area contributed by atoms with Gasteiger partial charge in [-0.05, 0) is 42.8 Å². The Bertz CT molecular complexity index is 1490. The number of benzene rings is 3. The van der Waals surface area contributed by atoms with E-state index in [1.54, 1.807) is 48.5 Å². The minimum absolute atomic E-state index is 0.0133. The summed E-state index contributed by atoms with van der Waals surface area (Å²) in [5.41, 5.74) is 2.31. The van der Waals surface area contributed by atoms with Crippen LogP contribution in [0.2, 0.25) is 0 Å². The van der Waals surface area contributed by atoms with E-state index in [1.807, 2.05) is 19.1 Å². The topological polar surface area (TPSA) is 115 Å². The zero-order valence-electron chi connectivity index (χ0n) is 18.5. The van der Waals surface area contributed by atoms with E-state index in [2.05, 4.69) is 10.5 Å². The largest absolute Gasteiger partial charge is 0.442 e. The summed E-state index contributed by atoms with van der Waals surface area (Å²) in [5.74, 6) is -1.07. The predicted molar refractivity (Wildman–Crippen MR) is 128 cm³/mol. The maximum atomic E-state index is 13.1. The minimum Gasteiger partial charge on any atom is -0.324 e. The molecule has 4 rings (SSSR count). The van der Waals surface area contributed by atoms with E-state index in [4.69, 9.17) is 4.52 Å². The Labute approximate surface area is 196 Å². The van der Waals surface area contributed by atoms with Crippen molar-refractivity contribution in [3.8, 4) is 11.4 Å². The third-order valence-corrected chi connectivity index (χ3v) is 7.05. The van der Waals surface area contributed by atoms with Crippen LogP contribution in [0.1, 0.15) is 5.56 Å². The molecular weight excluding hydrogens is 456 g/mol. The van der Waals surface area contributed by atoms with Crippen molar-refractivity contribution in [1.82, 2.24) is 9.72 Å². The molecule has 9 nitrogen and oxygen atoms in total. The van der Waals surface area contributed by atoms with Crippen LogP contribution in [0.5, 0.6) is 0 Å². The smallest absolute Gasteiger partial charge is 0.324 e. The molecule has 34 heavy (non-hydrogen) atoms. The number of amides is 1. The van der Waals surface area contributed by atoms with Gasteiger partial charge in [0, 0.05) is 18.3 Å². The molecule has 1 heterocycles. The van der Waals surface area contributed by atoms with Crippen molar-refractivity contribution < 1.29 is 17.7 Å². The van der Waals surface area contributed by atoms with Gasteiger partial charge in [0.2, 0.25) is 5.91 Å². The molecule has 0 spiro atoms. The lowest BCUT2D eigenvalue weighted by Crippen LogP contribution is -2.27. The van der Waals surface area contributed by atoms with Gasteiger partial charge in [0.25, 0.3) is 10.0 Å². The molecule has 0 saturated heterocycles. The maximum absolute atomic E-state index is 13.1. The third-order valence-electron chi connectivity index (χ3n) is 5.27. The van der Waals surface area contributed by atoms with E-state index >= 15 is 0 Å². The van der Waals surface area contributed by atoms with E-state index in [0.29, 0.717) is 11.3 Å². The Balaban J connectivity index is 1.55. The van der Waals surface area contributed by atoms with Crippen LogP contribution in [0.3, 0.4) is 0 Å². The van der Waals surface area contributed by atoms with E-state index in [9.17, 15) is 18.0 Å². The van der Waals surface area contributed by atoms with E-state index < -0.39 is 21.7 Å². The van der Waals surface area contributed by atoms with Gasteiger partial charge in [-0.25, -0.2) is 17.8 Å². The second kappa shape index (κ2) is 9.36. The van der Waals surface area contributed by atoms with Crippen molar-refractivity contribution in [3.63, 3.8) is 0 Å². The highest BCUT2D eigenvalue weighted by Crippen LogP contribution is 2.24. The lowest BCUT2D eigenvalue weighted by atomic mass is 10.1. The van der Waals surface area contributed by atoms with Gasteiger partial charge in [0.15, 0.2) is 5.82 Å². The number of hydrogen-bond donors (Lipinski definition) is 1. The van der Waals surface area contributed by atoms with Gasteiger partial charge in [-0.1, -0.05) is 53.7 Å². The third kappa shape index (κ3) is 4.62. The number of aromatic nitrogens is 2. The van der Waals surface area contributed by atoms with Crippen LogP contribution < -0.4 is 15.4 Å². The molecule has 3 aromatic carbocycles. The fourth-order valence-corrected chi connectivity index (χ4v) is 4.68. The lowest BCUT2D eigenvalue weighted by molar-refractivity contribution is -0.116. The summed E-state index contributed by atoms with van der Waals surface area (Å²) >= 11 is 0. The summed E-state index contributed by atoms with van der Waals surface area (Å²) in [5, 5.41) is 6.45. The van der Waals surface area contributed by atoms with Crippen molar-refractivity contribution in [2.24, 2.45) is 0 Å². The predicted octanol–water partition coefficient (Wildman–Crippen LogP) is 3.28. The Morgan fingerprint density at radius 2 is 1.74 bits per heavy atom. The van der Waals surface area contributed by atoms with Crippen molar-refractivity contribution >= 4 is 27.3 Å². The zero-order valence-corrected chi connectivity index (χ0v) is 19.3. The van der Waals surface area contributed by atoms with Crippen LogP contribution in [-0.4, -0.2) is 31.1 Å². The average molecular weight is 479 g/mol. The van der Waals surface area contributed by atoms with Crippen LogP contribution >= 0.6 is 0 Å². The van der Waals surface area contributed by atoms with Gasteiger partial charge in [0.1, 0.15) is 6.54 Å². The van der Waals surface area contributed by atoms with Gasteiger partial charge in [-0.2, -0.15) is 0 Å². The van der Waals surface area contributed by atoms with Crippen molar-refractivity contribution in [2.75, 3.05) is 16.7 Å². The van der Waals surface area contributed by atoms with Gasteiger partial charge in [-0.15, -0.1) is 0 Å². The maximum Gasteiger partial charge on any atom is 0.442 e. The van der Waals surface area contributed by atoms with Gasteiger partial charge in [-0.3, -0.25) is 13.6 Å². The van der Waals surface area contributed by atoms with Gasteiger partial charge >= 0.3 is 5.76 Å². The van der Waals surface area contributed by atoms with Crippen LogP contribution in [0.15, 0.2) is 93.1 Å². The first-order valence-corrected chi connectivity index (χ1v) is 11.8. The standard InChI is InChI=1S/C24H22N4O5S/c1-17-9-6-7-14-21(17)23-26-33-24(30)28(23)16-22(29)25-18-10-8-13-20(15-18)34(31,32)27(2)19-11-4-3-5-12-19/h3-15H,16H2,1-2H3,(H,25,29). The minimum atomic E-state index is -3.85. The molecule has 4 aromatic rings. The highest BCUT2D eigenvalue weighted by atomic mass is 32.2.